The molecular formula is C10H5BrF3NO. The first-order chi connectivity index (χ1) is 7.38. The lowest BCUT2D eigenvalue weighted by atomic mass is 10.1. The standard InChI is InChI=1S/C10H5BrF3NO/c11-6-1-2-7-5(3-6)4-8(10(12,13)14)15-9(7)16/h1-4H,(H,15,16). The van der Waals surface area contributed by atoms with E-state index in [-0.39, 0.29) is 10.8 Å². The Balaban J connectivity index is 2.80. The average molecular weight is 292 g/mol. The minimum Gasteiger partial charge on any atom is -0.318 e. The molecule has 0 saturated carbocycles. The van der Waals surface area contributed by atoms with E-state index >= 15 is 0 Å². The van der Waals surface area contributed by atoms with Crippen LogP contribution < -0.4 is 5.56 Å². The van der Waals surface area contributed by atoms with Crippen LogP contribution in [0, 0.1) is 0 Å². The van der Waals surface area contributed by atoms with E-state index in [4.69, 9.17) is 0 Å². The van der Waals surface area contributed by atoms with Crippen molar-refractivity contribution in [2.75, 3.05) is 0 Å². The number of halogens is 4. The van der Waals surface area contributed by atoms with E-state index in [0.29, 0.717) is 4.47 Å². The van der Waals surface area contributed by atoms with E-state index in [9.17, 15) is 18.0 Å². The van der Waals surface area contributed by atoms with Crippen molar-refractivity contribution in [1.29, 1.82) is 0 Å². The summed E-state index contributed by atoms with van der Waals surface area (Å²) in [6, 6.07) is 5.46. The van der Waals surface area contributed by atoms with Gasteiger partial charge in [0, 0.05) is 9.86 Å². The number of H-pyrrole nitrogens is 1. The van der Waals surface area contributed by atoms with E-state index in [1.807, 2.05) is 4.98 Å². The monoisotopic (exact) mass is 291 g/mol. The van der Waals surface area contributed by atoms with Gasteiger partial charge in [-0.05, 0) is 29.7 Å². The fraction of sp³-hybridized carbons (Fsp3) is 0.100. The highest BCUT2D eigenvalue weighted by Gasteiger charge is 2.32. The van der Waals surface area contributed by atoms with Crippen LogP contribution in [0.3, 0.4) is 0 Å². The second-order valence-corrected chi connectivity index (χ2v) is 4.16. The van der Waals surface area contributed by atoms with E-state index in [1.165, 1.54) is 12.1 Å². The van der Waals surface area contributed by atoms with Crippen LogP contribution in [0.25, 0.3) is 10.8 Å². The summed E-state index contributed by atoms with van der Waals surface area (Å²) in [6.07, 6.45) is -4.55. The van der Waals surface area contributed by atoms with Gasteiger partial charge in [0.05, 0.1) is 0 Å². The Bertz CT molecular complexity index is 603. The van der Waals surface area contributed by atoms with Crippen molar-refractivity contribution in [3.05, 3.63) is 44.8 Å². The van der Waals surface area contributed by atoms with Crippen molar-refractivity contribution >= 4 is 26.7 Å². The SMILES string of the molecule is O=c1[nH]c(C(F)(F)F)cc2cc(Br)ccc12. The predicted octanol–water partition coefficient (Wildman–Crippen LogP) is 3.31. The Labute approximate surface area is 96.2 Å². The van der Waals surface area contributed by atoms with Crippen LogP contribution in [0.1, 0.15) is 5.69 Å². The summed E-state index contributed by atoms with van der Waals surface area (Å²) < 4.78 is 37.9. The molecule has 1 aromatic heterocycles. The lowest BCUT2D eigenvalue weighted by molar-refractivity contribution is -0.141. The Morgan fingerprint density at radius 3 is 2.50 bits per heavy atom. The summed E-state index contributed by atoms with van der Waals surface area (Å²) in [5, 5.41) is 0.488. The molecular weight excluding hydrogens is 287 g/mol. The van der Waals surface area contributed by atoms with Crippen molar-refractivity contribution < 1.29 is 13.2 Å². The van der Waals surface area contributed by atoms with Crippen molar-refractivity contribution in [2.24, 2.45) is 0 Å². The molecule has 0 aliphatic carbocycles. The largest absolute Gasteiger partial charge is 0.431 e. The molecule has 2 rings (SSSR count). The van der Waals surface area contributed by atoms with Gasteiger partial charge in [-0.1, -0.05) is 15.9 Å². The molecule has 6 heteroatoms. The average Bonchev–Trinajstić information content (AvgIpc) is 2.15. The van der Waals surface area contributed by atoms with Crippen molar-refractivity contribution in [2.45, 2.75) is 6.18 Å². The number of benzene rings is 1. The van der Waals surface area contributed by atoms with Gasteiger partial charge in [0.2, 0.25) is 0 Å². The fourth-order valence-electron chi connectivity index (χ4n) is 1.39. The maximum atomic E-state index is 12.4. The van der Waals surface area contributed by atoms with Crippen molar-refractivity contribution in [3.63, 3.8) is 0 Å². The summed E-state index contributed by atoms with van der Waals surface area (Å²) in [7, 11) is 0. The number of rotatable bonds is 0. The third-order valence-corrected chi connectivity index (χ3v) is 2.60. The summed E-state index contributed by atoms with van der Waals surface area (Å²) in [5.41, 5.74) is -1.78. The summed E-state index contributed by atoms with van der Waals surface area (Å²) >= 11 is 3.14. The Morgan fingerprint density at radius 1 is 1.19 bits per heavy atom. The highest BCUT2D eigenvalue weighted by molar-refractivity contribution is 9.10. The first-order valence-electron chi connectivity index (χ1n) is 4.28. The van der Waals surface area contributed by atoms with E-state index < -0.39 is 17.4 Å². The first kappa shape index (κ1) is 11.2. The molecule has 0 amide bonds. The fourth-order valence-corrected chi connectivity index (χ4v) is 1.77. The second kappa shape index (κ2) is 3.62. The van der Waals surface area contributed by atoms with Crippen molar-refractivity contribution in [1.82, 2.24) is 4.98 Å². The topological polar surface area (TPSA) is 32.9 Å². The van der Waals surface area contributed by atoms with Crippen molar-refractivity contribution in [3.8, 4) is 0 Å². The van der Waals surface area contributed by atoms with E-state index in [0.717, 1.165) is 6.07 Å². The van der Waals surface area contributed by atoms with Gasteiger partial charge in [0.25, 0.3) is 5.56 Å². The Hall–Kier alpha value is -1.30. The van der Waals surface area contributed by atoms with E-state index in [2.05, 4.69) is 15.9 Å². The van der Waals surface area contributed by atoms with Gasteiger partial charge < -0.3 is 4.98 Å². The minimum atomic E-state index is -4.55. The molecule has 0 fully saturated rings. The number of nitrogens with one attached hydrogen (secondary N) is 1. The number of fused-ring (bicyclic) bond motifs is 1. The number of hydrogen-bond donors (Lipinski definition) is 1. The molecule has 0 bridgehead atoms. The van der Waals surface area contributed by atoms with Gasteiger partial charge in [-0.2, -0.15) is 13.2 Å². The Morgan fingerprint density at radius 2 is 1.88 bits per heavy atom. The number of aromatic nitrogens is 1. The third-order valence-electron chi connectivity index (χ3n) is 2.11. The molecule has 1 aromatic carbocycles. The lowest BCUT2D eigenvalue weighted by Gasteiger charge is -2.07. The molecule has 16 heavy (non-hydrogen) atoms. The van der Waals surface area contributed by atoms with Crippen LogP contribution in [0.2, 0.25) is 0 Å². The minimum absolute atomic E-state index is 0.233. The van der Waals surface area contributed by atoms with Gasteiger partial charge in [-0.3, -0.25) is 4.79 Å². The molecule has 1 N–H and O–H groups in total. The molecule has 0 aliphatic heterocycles. The quantitative estimate of drug-likeness (QED) is 0.794. The van der Waals surface area contributed by atoms with Crippen LogP contribution in [-0.2, 0) is 6.18 Å². The van der Waals surface area contributed by atoms with Crippen LogP contribution >= 0.6 is 15.9 Å². The molecule has 84 valence electrons. The molecule has 2 nitrogen and oxygen atoms in total. The van der Waals surface area contributed by atoms with Gasteiger partial charge in [0.1, 0.15) is 5.69 Å². The molecule has 2 aromatic rings. The zero-order valence-corrected chi connectivity index (χ0v) is 9.32. The summed E-state index contributed by atoms with van der Waals surface area (Å²) in [6.45, 7) is 0. The number of alkyl halides is 3. The maximum absolute atomic E-state index is 12.4. The number of hydrogen-bond acceptors (Lipinski definition) is 1. The predicted molar refractivity (Wildman–Crippen MR) is 57.3 cm³/mol. The molecule has 0 saturated heterocycles. The van der Waals surface area contributed by atoms with Gasteiger partial charge in [-0.25, -0.2) is 0 Å². The van der Waals surface area contributed by atoms with Crippen LogP contribution in [0.5, 0.6) is 0 Å². The smallest absolute Gasteiger partial charge is 0.318 e. The third kappa shape index (κ3) is 1.97. The molecule has 0 atom stereocenters. The highest BCUT2D eigenvalue weighted by Crippen LogP contribution is 2.28. The van der Waals surface area contributed by atoms with Crippen LogP contribution in [0.4, 0.5) is 13.2 Å². The van der Waals surface area contributed by atoms with Crippen LogP contribution in [0.15, 0.2) is 33.5 Å². The zero-order valence-electron chi connectivity index (χ0n) is 7.73. The van der Waals surface area contributed by atoms with Gasteiger partial charge in [0.15, 0.2) is 0 Å². The zero-order chi connectivity index (χ0) is 11.9. The van der Waals surface area contributed by atoms with Gasteiger partial charge >= 0.3 is 6.18 Å². The number of aromatic amines is 1. The summed E-state index contributed by atoms with van der Waals surface area (Å²) in [5.74, 6) is 0. The van der Waals surface area contributed by atoms with Gasteiger partial charge in [-0.15, -0.1) is 0 Å². The Kier molecular flexibility index (Phi) is 2.53. The molecule has 0 aliphatic rings. The van der Waals surface area contributed by atoms with E-state index in [1.54, 1.807) is 6.07 Å². The molecule has 0 radical (unpaired) electrons. The number of pyridine rings is 1. The maximum Gasteiger partial charge on any atom is 0.431 e. The normalized spacial score (nSPS) is 12.0. The summed E-state index contributed by atoms with van der Waals surface area (Å²) in [4.78, 5) is 13.2. The first-order valence-corrected chi connectivity index (χ1v) is 5.07. The second-order valence-electron chi connectivity index (χ2n) is 3.24. The molecule has 1 heterocycles. The lowest BCUT2D eigenvalue weighted by Crippen LogP contribution is -2.16. The highest BCUT2D eigenvalue weighted by atomic mass is 79.9. The molecule has 0 unspecified atom stereocenters. The molecule has 0 spiro atoms. The van der Waals surface area contributed by atoms with Crippen LogP contribution in [-0.4, -0.2) is 4.98 Å².